The molecule has 1 aromatic carbocycles. The second kappa shape index (κ2) is 6.86. The Balaban J connectivity index is 2.89. The fourth-order valence-corrected chi connectivity index (χ4v) is 2.01. The van der Waals surface area contributed by atoms with Gasteiger partial charge in [0, 0.05) is 24.7 Å². The zero-order chi connectivity index (χ0) is 14.4. The number of rotatable bonds is 6. The van der Waals surface area contributed by atoms with Crippen molar-refractivity contribution in [1.82, 2.24) is 4.90 Å². The van der Waals surface area contributed by atoms with Gasteiger partial charge in [-0.25, -0.2) is 0 Å². The number of benzene rings is 1. The molecule has 0 saturated heterocycles. The minimum atomic E-state index is -0.354. The van der Waals surface area contributed by atoms with E-state index in [0.717, 1.165) is 12.1 Å². The largest absolute Gasteiger partial charge is 0.298 e. The maximum Gasteiger partial charge on any atom is 0.272 e. The summed E-state index contributed by atoms with van der Waals surface area (Å²) in [5, 5.41) is 19.8. The van der Waals surface area contributed by atoms with Gasteiger partial charge >= 0.3 is 0 Å². The van der Waals surface area contributed by atoms with Crippen LogP contribution in [0.1, 0.15) is 25.0 Å². The fraction of sp³-hybridized carbons (Fsp3) is 0.500. The molecule has 1 aromatic rings. The van der Waals surface area contributed by atoms with E-state index in [9.17, 15) is 10.1 Å². The third-order valence-electron chi connectivity index (χ3n) is 3.21. The Labute approximate surface area is 113 Å². The van der Waals surface area contributed by atoms with Crippen molar-refractivity contribution in [1.29, 1.82) is 5.26 Å². The summed E-state index contributed by atoms with van der Waals surface area (Å²) in [4.78, 5) is 12.7. The van der Waals surface area contributed by atoms with Crippen LogP contribution in [0.15, 0.2) is 18.2 Å². The summed E-state index contributed by atoms with van der Waals surface area (Å²) < 4.78 is 0. The second-order valence-electron chi connectivity index (χ2n) is 4.68. The van der Waals surface area contributed by atoms with E-state index < -0.39 is 0 Å². The lowest BCUT2D eigenvalue weighted by Gasteiger charge is -2.22. The average molecular weight is 261 g/mol. The van der Waals surface area contributed by atoms with Crippen molar-refractivity contribution in [3.05, 3.63) is 39.4 Å². The molecule has 0 aliphatic carbocycles. The van der Waals surface area contributed by atoms with Crippen molar-refractivity contribution in [3.8, 4) is 6.07 Å². The first kappa shape index (κ1) is 15.1. The number of hydrogen-bond acceptors (Lipinski definition) is 4. The van der Waals surface area contributed by atoms with Crippen molar-refractivity contribution in [2.75, 3.05) is 13.1 Å². The smallest absolute Gasteiger partial charge is 0.272 e. The molecule has 0 spiro atoms. The van der Waals surface area contributed by atoms with Gasteiger partial charge in [0.05, 0.1) is 16.9 Å². The van der Waals surface area contributed by atoms with E-state index in [1.165, 1.54) is 6.07 Å². The van der Waals surface area contributed by atoms with Crippen LogP contribution in [0.4, 0.5) is 5.69 Å². The molecule has 19 heavy (non-hydrogen) atoms. The van der Waals surface area contributed by atoms with Crippen molar-refractivity contribution < 1.29 is 4.92 Å². The van der Waals surface area contributed by atoms with Gasteiger partial charge in [0.25, 0.3) is 5.69 Å². The Hall–Kier alpha value is -1.93. The predicted octanol–water partition coefficient (Wildman–Crippen LogP) is 2.88. The van der Waals surface area contributed by atoms with Crippen LogP contribution in [0, 0.1) is 34.3 Å². The lowest BCUT2D eigenvalue weighted by molar-refractivity contribution is -0.385. The fourth-order valence-electron chi connectivity index (χ4n) is 2.01. The number of nitro benzene ring substituents is 1. The average Bonchev–Trinajstić information content (AvgIpc) is 2.39. The third-order valence-corrected chi connectivity index (χ3v) is 3.21. The Morgan fingerprint density at radius 2 is 2.21 bits per heavy atom. The van der Waals surface area contributed by atoms with Crippen LogP contribution in [0.2, 0.25) is 0 Å². The first-order valence-corrected chi connectivity index (χ1v) is 6.34. The van der Waals surface area contributed by atoms with E-state index in [1.807, 2.05) is 19.9 Å². The Kier molecular flexibility index (Phi) is 5.46. The standard InChI is InChI=1S/C14H19N3O2/c1-4-16(9-11(2)8-15)10-13-6-5-7-14(12(13)3)17(18)19/h5-7,11H,4,9-10H2,1-3H3. The molecule has 0 aliphatic rings. The summed E-state index contributed by atoms with van der Waals surface area (Å²) in [6.07, 6.45) is 0. The second-order valence-corrected chi connectivity index (χ2v) is 4.68. The van der Waals surface area contributed by atoms with Gasteiger partial charge in [-0.2, -0.15) is 5.26 Å². The Morgan fingerprint density at radius 1 is 1.53 bits per heavy atom. The SMILES string of the molecule is CCN(Cc1cccc([N+](=O)[O-])c1C)CC(C)C#N. The van der Waals surface area contributed by atoms with Gasteiger partial charge in [-0.05, 0) is 26.0 Å². The first-order valence-electron chi connectivity index (χ1n) is 6.34. The van der Waals surface area contributed by atoms with E-state index in [-0.39, 0.29) is 16.5 Å². The number of hydrogen-bond donors (Lipinski definition) is 0. The molecule has 5 heteroatoms. The van der Waals surface area contributed by atoms with E-state index in [0.29, 0.717) is 18.7 Å². The van der Waals surface area contributed by atoms with Crippen molar-refractivity contribution in [2.24, 2.45) is 5.92 Å². The van der Waals surface area contributed by atoms with E-state index in [4.69, 9.17) is 5.26 Å². The topological polar surface area (TPSA) is 70.2 Å². The van der Waals surface area contributed by atoms with Crippen molar-refractivity contribution in [2.45, 2.75) is 27.3 Å². The highest BCUT2D eigenvalue weighted by molar-refractivity contribution is 5.44. The van der Waals surface area contributed by atoms with Gasteiger partial charge < -0.3 is 0 Å². The predicted molar refractivity (Wildman–Crippen MR) is 73.6 cm³/mol. The Bertz CT molecular complexity index is 494. The van der Waals surface area contributed by atoms with Gasteiger partial charge in [0.1, 0.15) is 0 Å². The number of nitrogens with zero attached hydrogens (tertiary/aromatic N) is 3. The van der Waals surface area contributed by atoms with E-state index in [2.05, 4.69) is 11.0 Å². The lowest BCUT2D eigenvalue weighted by Crippen LogP contribution is -2.27. The molecular formula is C14H19N3O2. The quantitative estimate of drug-likeness (QED) is 0.583. The highest BCUT2D eigenvalue weighted by Gasteiger charge is 2.15. The summed E-state index contributed by atoms with van der Waals surface area (Å²) in [6.45, 7) is 7.80. The molecule has 0 fully saturated rings. The number of nitro groups is 1. The molecular weight excluding hydrogens is 242 g/mol. The van der Waals surface area contributed by atoms with Crippen LogP contribution in [0.5, 0.6) is 0 Å². The van der Waals surface area contributed by atoms with Crippen molar-refractivity contribution in [3.63, 3.8) is 0 Å². The molecule has 0 amide bonds. The van der Waals surface area contributed by atoms with Gasteiger partial charge in [0.2, 0.25) is 0 Å². The van der Waals surface area contributed by atoms with Crippen LogP contribution in [0.25, 0.3) is 0 Å². The van der Waals surface area contributed by atoms with Gasteiger partial charge in [-0.15, -0.1) is 0 Å². The molecule has 0 aromatic heterocycles. The highest BCUT2D eigenvalue weighted by atomic mass is 16.6. The maximum absolute atomic E-state index is 10.9. The molecule has 0 heterocycles. The summed E-state index contributed by atoms with van der Waals surface area (Å²) >= 11 is 0. The summed E-state index contributed by atoms with van der Waals surface area (Å²) in [5.41, 5.74) is 1.80. The van der Waals surface area contributed by atoms with Crippen molar-refractivity contribution >= 4 is 5.69 Å². The van der Waals surface area contributed by atoms with Gasteiger partial charge in [0.15, 0.2) is 0 Å². The van der Waals surface area contributed by atoms with E-state index >= 15 is 0 Å². The summed E-state index contributed by atoms with van der Waals surface area (Å²) in [7, 11) is 0. The molecule has 0 radical (unpaired) electrons. The first-order chi connectivity index (χ1) is 8.99. The lowest BCUT2D eigenvalue weighted by atomic mass is 10.1. The molecule has 0 N–H and O–H groups in total. The van der Waals surface area contributed by atoms with Crippen LogP contribution >= 0.6 is 0 Å². The zero-order valence-corrected chi connectivity index (χ0v) is 11.6. The summed E-state index contributed by atoms with van der Waals surface area (Å²) in [6, 6.07) is 7.35. The molecule has 0 bridgehead atoms. The summed E-state index contributed by atoms with van der Waals surface area (Å²) in [5.74, 6) is -0.0426. The van der Waals surface area contributed by atoms with E-state index in [1.54, 1.807) is 13.0 Å². The van der Waals surface area contributed by atoms with Gasteiger partial charge in [-0.3, -0.25) is 15.0 Å². The minimum Gasteiger partial charge on any atom is -0.298 e. The molecule has 1 unspecified atom stereocenters. The van der Waals surface area contributed by atoms with Crippen LogP contribution < -0.4 is 0 Å². The van der Waals surface area contributed by atoms with Crippen LogP contribution in [-0.2, 0) is 6.54 Å². The minimum absolute atomic E-state index is 0.0426. The zero-order valence-electron chi connectivity index (χ0n) is 11.6. The van der Waals surface area contributed by atoms with Gasteiger partial charge in [-0.1, -0.05) is 19.1 Å². The Morgan fingerprint density at radius 3 is 2.74 bits per heavy atom. The molecule has 1 rings (SSSR count). The molecule has 0 aliphatic heterocycles. The highest BCUT2D eigenvalue weighted by Crippen LogP contribution is 2.22. The maximum atomic E-state index is 10.9. The van der Waals surface area contributed by atoms with Crippen LogP contribution in [-0.4, -0.2) is 22.9 Å². The molecule has 102 valence electrons. The molecule has 5 nitrogen and oxygen atoms in total. The monoisotopic (exact) mass is 261 g/mol. The van der Waals surface area contributed by atoms with Crippen LogP contribution in [0.3, 0.4) is 0 Å². The number of nitriles is 1. The normalized spacial score (nSPS) is 12.2. The molecule has 1 atom stereocenters. The third kappa shape index (κ3) is 4.04. The molecule has 0 saturated carbocycles.